The van der Waals surface area contributed by atoms with Crippen LogP contribution in [0.4, 0.5) is 27.5 Å². The van der Waals surface area contributed by atoms with Crippen molar-refractivity contribution < 1.29 is 19.1 Å². The molecule has 0 bridgehead atoms. The second kappa shape index (κ2) is 10.9. The summed E-state index contributed by atoms with van der Waals surface area (Å²) >= 11 is 1.17. The number of benzene rings is 2. The van der Waals surface area contributed by atoms with Gasteiger partial charge in [0.05, 0.1) is 28.0 Å². The largest absolute Gasteiger partial charge is 0.454 e. The summed E-state index contributed by atoms with van der Waals surface area (Å²) in [7, 11) is 2.15. The van der Waals surface area contributed by atoms with Gasteiger partial charge in [0.15, 0.2) is 11.5 Å². The molecule has 0 aliphatic carbocycles. The number of aryl methyl sites for hydroxylation is 1. The van der Waals surface area contributed by atoms with Crippen LogP contribution in [0, 0.1) is 18.3 Å². The van der Waals surface area contributed by atoms with E-state index in [0.717, 1.165) is 44.7 Å². The molecule has 2 aromatic heterocycles. The van der Waals surface area contributed by atoms with Gasteiger partial charge in [0.2, 0.25) is 6.79 Å². The monoisotopic (exact) mass is 595 g/mol. The molecule has 43 heavy (non-hydrogen) atoms. The maximum atomic E-state index is 13.7. The quantitative estimate of drug-likeness (QED) is 0.322. The molecule has 3 aliphatic rings. The molecule has 11 nitrogen and oxygen atoms in total. The fourth-order valence-electron chi connectivity index (χ4n) is 5.76. The lowest BCUT2D eigenvalue weighted by atomic mass is 10.0. The van der Waals surface area contributed by atoms with Crippen molar-refractivity contribution in [1.82, 2.24) is 14.8 Å². The van der Waals surface area contributed by atoms with Crippen molar-refractivity contribution in [3.05, 3.63) is 64.2 Å². The Balaban J connectivity index is 1.17. The Bertz CT molecular complexity index is 1810. The number of nitriles is 1. The van der Waals surface area contributed by atoms with E-state index >= 15 is 0 Å². The van der Waals surface area contributed by atoms with Crippen LogP contribution in [0.3, 0.4) is 0 Å². The summed E-state index contributed by atoms with van der Waals surface area (Å²) < 4.78 is 11.3. The molecule has 0 spiro atoms. The van der Waals surface area contributed by atoms with Crippen LogP contribution in [0.2, 0.25) is 0 Å². The van der Waals surface area contributed by atoms with Crippen LogP contribution in [-0.2, 0) is 6.42 Å². The Hall–Kier alpha value is -4.70. The van der Waals surface area contributed by atoms with Crippen LogP contribution in [0.5, 0.6) is 11.5 Å². The third-order valence-electron chi connectivity index (χ3n) is 8.14. The summed E-state index contributed by atoms with van der Waals surface area (Å²) in [6.45, 7) is 7.24. The third kappa shape index (κ3) is 4.81. The molecule has 5 heterocycles. The topological polar surface area (TPSA) is 123 Å². The number of amides is 3. The number of urea groups is 1. The third-order valence-corrected chi connectivity index (χ3v) is 9.24. The van der Waals surface area contributed by atoms with Crippen molar-refractivity contribution in [3.63, 3.8) is 0 Å². The number of fused-ring (bicyclic) bond motifs is 1. The molecule has 0 radical (unpaired) electrons. The minimum atomic E-state index is -0.513. The van der Waals surface area contributed by atoms with Gasteiger partial charge in [-0.25, -0.2) is 9.78 Å². The number of ether oxygens (including phenoxy) is 2. The Morgan fingerprint density at radius 1 is 1.12 bits per heavy atom. The predicted octanol–water partition coefficient (Wildman–Crippen LogP) is 4.93. The molecular weight excluding hydrogens is 566 g/mol. The van der Waals surface area contributed by atoms with E-state index in [1.807, 2.05) is 37.3 Å². The summed E-state index contributed by atoms with van der Waals surface area (Å²) in [6, 6.07) is 13.1. The van der Waals surface area contributed by atoms with E-state index in [2.05, 4.69) is 38.5 Å². The van der Waals surface area contributed by atoms with E-state index in [9.17, 15) is 14.9 Å². The molecule has 0 atom stereocenters. The van der Waals surface area contributed by atoms with E-state index in [1.54, 1.807) is 6.07 Å². The lowest BCUT2D eigenvalue weighted by Gasteiger charge is -2.32. The number of nitrogens with one attached hydrogen (secondary N) is 2. The highest BCUT2D eigenvalue weighted by molar-refractivity contribution is 7.21. The van der Waals surface area contributed by atoms with Gasteiger partial charge in [-0.05, 0) is 49.7 Å². The standard InChI is InChI=1S/C31H29N7O4S/c1-18-3-8-22-27(42-17-41-22)25(18)38-26-20(15-32)16-33-30-23(26)24(35-31(38)40)28(43-30)29(39)34-21-6-4-19(5-7-21)9-10-37-13-11-36(2)12-14-37/h3-8,16H,9-14,17H2,1-2H3,(H,34,39)(H,35,40). The zero-order valence-corrected chi connectivity index (χ0v) is 24.6. The Morgan fingerprint density at radius 3 is 2.67 bits per heavy atom. The number of aromatic nitrogens is 1. The van der Waals surface area contributed by atoms with Gasteiger partial charge in [-0.15, -0.1) is 11.3 Å². The maximum absolute atomic E-state index is 13.7. The first-order valence-corrected chi connectivity index (χ1v) is 14.9. The van der Waals surface area contributed by atoms with E-state index in [0.29, 0.717) is 49.3 Å². The summed E-state index contributed by atoms with van der Waals surface area (Å²) in [5, 5.41) is 16.4. The number of hydrogen-bond donors (Lipinski definition) is 2. The molecule has 12 heteroatoms. The lowest BCUT2D eigenvalue weighted by molar-refractivity contribution is 0.103. The van der Waals surface area contributed by atoms with Gasteiger partial charge >= 0.3 is 6.03 Å². The van der Waals surface area contributed by atoms with E-state index in [4.69, 9.17) is 9.47 Å². The summed E-state index contributed by atoms with van der Waals surface area (Å²) in [5.74, 6) is 0.571. The summed E-state index contributed by atoms with van der Waals surface area (Å²) in [4.78, 5) is 38.8. The van der Waals surface area contributed by atoms with E-state index in [1.165, 1.54) is 28.0 Å². The Kier molecular flexibility index (Phi) is 6.85. The SMILES string of the molecule is Cc1ccc2c(c1N1C(=O)Nc3c(C(=O)Nc4ccc(CCN5CCN(C)CC5)cc4)sc4ncc(C#N)c1c34)OCO2. The zero-order chi connectivity index (χ0) is 29.7. The van der Waals surface area contributed by atoms with Crippen LogP contribution in [0.1, 0.15) is 26.4 Å². The molecular formula is C31H29N7O4S. The zero-order valence-electron chi connectivity index (χ0n) is 23.8. The predicted molar refractivity (Wildman–Crippen MR) is 165 cm³/mol. The minimum absolute atomic E-state index is 0.0311. The van der Waals surface area contributed by atoms with Crippen LogP contribution in [0.25, 0.3) is 10.2 Å². The van der Waals surface area contributed by atoms with Crippen molar-refractivity contribution in [1.29, 1.82) is 5.26 Å². The molecule has 2 aromatic carbocycles. The first-order valence-electron chi connectivity index (χ1n) is 14.1. The number of carbonyl (C=O) groups excluding carboxylic acids is 2. The van der Waals surface area contributed by atoms with Crippen molar-refractivity contribution in [2.75, 3.05) is 62.1 Å². The van der Waals surface area contributed by atoms with Crippen LogP contribution in [0.15, 0.2) is 42.6 Å². The Labute approximate surface area is 252 Å². The first kappa shape index (κ1) is 27.2. The maximum Gasteiger partial charge on any atom is 0.331 e. The first-order chi connectivity index (χ1) is 20.9. The van der Waals surface area contributed by atoms with Crippen molar-refractivity contribution >= 4 is 56.2 Å². The number of thiophene rings is 1. The van der Waals surface area contributed by atoms with Gasteiger partial charge < -0.3 is 29.9 Å². The van der Waals surface area contributed by atoms with Crippen LogP contribution < -0.4 is 25.0 Å². The number of likely N-dealkylation sites (N-methyl/N-ethyl adjacent to an activating group) is 1. The number of carbonyl (C=O) groups is 2. The van der Waals surface area contributed by atoms with Gasteiger partial charge in [-0.1, -0.05) is 18.2 Å². The molecule has 3 aliphatic heterocycles. The van der Waals surface area contributed by atoms with E-state index < -0.39 is 6.03 Å². The van der Waals surface area contributed by atoms with Gasteiger partial charge in [0.25, 0.3) is 5.91 Å². The second-order valence-corrected chi connectivity index (χ2v) is 11.9. The smallest absolute Gasteiger partial charge is 0.331 e. The number of pyridine rings is 1. The molecule has 4 aromatic rings. The Morgan fingerprint density at radius 2 is 1.91 bits per heavy atom. The van der Waals surface area contributed by atoms with Crippen molar-refractivity contribution in [2.24, 2.45) is 0 Å². The van der Waals surface area contributed by atoms with E-state index in [-0.39, 0.29) is 18.3 Å². The molecule has 0 unspecified atom stereocenters. The lowest BCUT2D eigenvalue weighted by Crippen LogP contribution is -2.45. The fraction of sp³-hybridized carbons (Fsp3) is 0.290. The second-order valence-electron chi connectivity index (χ2n) is 10.9. The normalized spacial score (nSPS) is 16.3. The van der Waals surface area contributed by atoms with Gasteiger partial charge in [-0.3, -0.25) is 9.69 Å². The summed E-state index contributed by atoms with van der Waals surface area (Å²) in [6.07, 6.45) is 2.37. The number of nitrogens with zero attached hydrogens (tertiary/aromatic N) is 5. The molecule has 1 saturated heterocycles. The molecule has 218 valence electrons. The number of piperazine rings is 1. The van der Waals surface area contributed by atoms with Gasteiger partial charge in [0.1, 0.15) is 15.8 Å². The van der Waals surface area contributed by atoms with Gasteiger partial charge in [0, 0.05) is 44.6 Å². The molecule has 7 rings (SSSR count). The molecule has 1 fully saturated rings. The minimum Gasteiger partial charge on any atom is -0.454 e. The fourth-order valence-corrected chi connectivity index (χ4v) is 6.75. The molecule has 0 saturated carbocycles. The van der Waals surface area contributed by atoms with Gasteiger partial charge in [-0.2, -0.15) is 5.26 Å². The molecule has 2 N–H and O–H groups in total. The van der Waals surface area contributed by atoms with Crippen molar-refractivity contribution in [2.45, 2.75) is 13.3 Å². The van der Waals surface area contributed by atoms with Crippen LogP contribution >= 0.6 is 11.3 Å². The number of rotatable bonds is 6. The highest BCUT2D eigenvalue weighted by Crippen LogP contribution is 2.52. The van der Waals surface area contributed by atoms with Crippen LogP contribution in [-0.4, -0.2) is 73.3 Å². The van der Waals surface area contributed by atoms with Crippen molar-refractivity contribution in [3.8, 4) is 17.6 Å². The summed E-state index contributed by atoms with van der Waals surface area (Å²) in [5.41, 5.74) is 4.00. The molecule has 3 amide bonds. The average Bonchev–Trinajstić information content (AvgIpc) is 3.64. The number of anilines is 4. The number of hydrogen-bond acceptors (Lipinski definition) is 9. The average molecular weight is 596 g/mol. The highest BCUT2D eigenvalue weighted by Gasteiger charge is 2.38. The highest BCUT2D eigenvalue weighted by atomic mass is 32.1.